The Balaban J connectivity index is 1.78. The van der Waals surface area contributed by atoms with Gasteiger partial charge in [-0.15, -0.1) is 0 Å². The Morgan fingerprint density at radius 1 is 1.43 bits per heavy atom. The molecule has 7 heteroatoms. The van der Waals surface area contributed by atoms with E-state index in [0.717, 1.165) is 13.0 Å². The molecule has 0 unspecified atom stereocenters. The summed E-state index contributed by atoms with van der Waals surface area (Å²) in [6.45, 7) is 1.81. The molecule has 0 saturated carbocycles. The molecule has 1 saturated heterocycles. The van der Waals surface area contributed by atoms with Crippen molar-refractivity contribution < 1.29 is 14.3 Å². The molecule has 2 rings (SSSR count). The summed E-state index contributed by atoms with van der Waals surface area (Å²) in [5.41, 5.74) is 5.24. The number of hydrogen-bond acceptors (Lipinski definition) is 4. The molecular weight excluding hydrogens is 272 g/mol. The minimum Gasteiger partial charge on any atom is -0.379 e. The topological polar surface area (TPSA) is 90.4 Å². The highest BCUT2D eigenvalue weighted by molar-refractivity contribution is 5.77. The summed E-state index contributed by atoms with van der Waals surface area (Å²) in [6, 6.07) is 1.86. The van der Waals surface area contributed by atoms with Crippen molar-refractivity contribution in [2.75, 3.05) is 20.2 Å². The highest BCUT2D eigenvalue weighted by Gasteiger charge is 2.35. The van der Waals surface area contributed by atoms with Crippen molar-refractivity contribution in [1.29, 1.82) is 0 Å². The number of amides is 2. The zero-order valence-electron chi connectivity index (χ0n) is 12.3. The maximum atomic E-state index is 12.2. The van der Waals surface area contributed by atoms with Crippen LogP contribution in [0.2, 0.25) is 0 Å². The number of aryl methyl sites for hydroxylation is 1. The van der Waals surface area contributed by atoms with Gasteiger partial charge in [-0.2, -0.15) is 5.10 Å². The average molecular weight is 294 g/mol. The first-order valence-electron chi connectivity index (χ1n) is 7.16. The molecular formula is C14H22N4O3. The lowest BCUT2D eigenvalue weighted by Gasteiger charge is -2.15. The Labute approximate surface area is 124 Å². The van der Waals surface area contributed by atoms with Gasteiger partial charge in [0.15, 0.2) is 0 Å². The van der Waals surface area contributed by atoms with Crippen LogP contribution in [0.3, 0.4) is 0 Å². The van der Waals surface area contributed by atoms with Gasteiger partial charge in [0.2, 0.25) is 11.8 Å². The Kier molecular flexibility index (Phi) is 5.32. The first-order valence-corrected chi connectivity index (χ1v) is 7.16. The van der Waals surface area contributed by atoms with Gasteiger partial charge in [-0.25, -0.2) is 0 Å². The SMILES string of the molecule is CO[C@H]1CN(C(=O)CCCn2cccn2)C[C@@H]1CC(N)=O. The Hall–Kier alpha value is -1.89. The van der Waals surface area contributed by atoms with Crippen LogP contribution in [0.5, 0.6) is 0 Å². The summed E-state index contributed by atoms with van der Waals surface area (Å²) in [7, 11) is 1.60. The Morgan fingerprint density at radius 3 is 2.86 bits per heavy atom. The van der Waals surface area contributed by atoms with Crippen LogP contribution >= 0.6 is 0 Å². The third-order valence-electron chi connectivity index (χ3n) is 3.84. The maximum Gasteiger partial charge on any atom is 0.222 e. The van der Waals surface area contributed by atoms with Crippen molar-refractivity contribution in [3.05, 3.63) is 18.5 Å². The number of nitrogens with two attached hydrogens (primary N) is 1. The molecule has 2 N–H and O–H groups in total. The van der Waals surface area contributed by atoms with Crippen LogP contribution in [-0.4, -0.2) is 52.8 Å². The lowest BCUT2D eigenvalue weighted by atomic mass is 10.0. The van der Waals surface area contributed by atoms with E-state index in [1.165, 1.54) is 0 Å². The van der Waals surface area contributed by atoms with E-state index in [2.05, 4.69) is 5.10 Å². The minimum atomic E-state index is -0.352. The van der Waals surface area contributed by atoms with Gasteiger partial charge >= 0.3 is 0 Å². The number of methoxy groups -OCH3 is 1. The second kappa shape index (κ2) is 7.21. The molecule has 116 valence electrons. The average Bonchev–Trinajstić information content (AvgIpc) is 3.07. The standard InChI is InChI=1S/C14H22N4O3/c1-21-12-10-17(9-11(12)8-13(15)19)14(20)4-2-6-18-7-3-5-16-18/h3,5,7,11-12H,2,4,6,8-10H2,1H3,(H2,15,19)/t11-,12-/m0/s1. The molecule has 1 aliphatic heterocycles. The molecule has 0 spiro atoms. The molecule has 0 aromatic carbocycles. The summed E-state index contributed by atoms with van der Waals surface area (Å²) in [5, 5.41) is 4.10. The zero-order valence-corrected chi connectivity index (χ0v) is 12.3. The van der Waals surface area contributed by atoms with Crippen molar-refractivity contribution in [1.82, 2.24) is 14.7 Å². The lowest BCUT2D eigenvalue weighted by Crippen LogP contribution is -2.29. The number of rotatable bonds is 7. The van der Waals surface area contributed by atoms with Crippen molar-refractivity contribution >= 4 is 11.8 Å². The maximum absolute atomic E-state index is 12.2. The van der Waals surface area contributed by atoms with Crippen molar-refractivity contribution in [3.8, 4) is 0 Å². The molecule has 0 bridgehead atoms. The van der Waals surface area contributed by atoms with E-state index in [9.17, 15) is 9.59 Å². The minimum absolute atomic E-state index is 0.00238. The van der Waals surface area contributed by atoms with E-state index >= 15 is 0 Å². The zero-order chi connectivity index (χ0) is 15.2. The number of likely N-dealkylation sites (tertiary alicyclic amines) is 1. The van der Waals surface area contributed by atoms with E-state index < -0.39 is 0 Å². The van der Waals surface area contributed by atoms with Gasteiger partial charge < -0.3 is 15.4 Å². The highest BCUT2D eigenvalue weighted by atomic mass is 16.5. The van der Waals surface area contributed by atoms with E-state index in [4.69, 9.17) is 10.5 Å². The summed E-state index contributed by atoms with van der Waals surface area (Å²) >= 11 is 0. The predicted molar refractivity (Wildman–Crippen MR) is 76.1 cm³/mol. The fourth-order valence-corrected chi connectivity index (χ4v) is 2.75. The number of carbonyl (C=O) groups excluding carboxylic acids is 2. The number of primary amides is 1. The molecule has 1 aromatic heterocycles. The van der Waals surface area contributed by atoms with Crippen molar-refractivity contribution in [2.24, 2.45) is 11.7 Å². The van der Waals surface area contributed by atoms with Crippen LogP contribution in [0.25, 0.3) is 0 Å². The van der Waals surface area contributed by atoms with E-state index in [1.54, 1.807) is 18.2 Å². The molecule has 21 heavy (non-hydrogen) atoms. The normalized spacial score (nSPS) is 21.7. The van der Waals surface area contributed by atoms with Crippen LogP contribution in [0.4, 0.5) is 0 Å². The smallest absolute Gasteiger partial charge is 0.222 e. The van der Waals surface area contributed by atoms with Gasteiger partial charge in [0.1, 0.15) is 0 Å². The Morgan fingerprint density at radius 2 is 2.24 bits per heavy atom. The van der Waals surface area contributed by atoms with E-state index in [-0.39, 0.29) is 30.3 Å². The number of ether oxygens (including phenoxy) is 1. The highest BCUT2D eigenvalue weighted by Crippen LogP contribution is 2.23. The fraction of sp³-hybridized carbons (Fsp3) is 0.643. The van der Waals surface area contributed by atoms with Crippen LogP contribution in [0.15, 0.2) is 18.5 Å². The molecule has 1 aliphatic rings. The fourth-order valence-electron chi connectivity index (χ4n) is 2.75. The molecule has 2 amide bonds. The molecule has 0 radical (unpaired) electrons. The molecule has 0 aliphatic carbocycles. The number of aromatic nitrogens is 2. The lowest BCUT2D eigenvalue weighted by molar-refractivity contribution is -0.131. The third kappa shape index (κ3) is 4.29. The van der Waals surface area contributed by atoms with Crippen LogP contribution in [0.1, 0.15) is 19.3 Å². The third-order valence-corrected chi connectivity index (χ3v) is 3.84. The molecule has 1 fully saturated rings. The van der Waals surface area contributed by atoms with Crippen LogP contribution in [-0.2, 0) is 20.9 Å². The second-order valence-corrected chi connectivity index (χ2v) is 5.38. The summed E-state index contributed by atoms with van der Waals surface area (Å²) in [6.07, 6.45) is 4.97. The van der Waals surface area contributed by atoms with Gasteiger partial charge in [0.05, 0.1) is 6.10 Å². The Bertz CT molecular complexity index is 475. The molecule has 2 heterocycles. The summed E-state index contributed by atoms with van der Waals surface area (Å²) in [5.74, 6) is -0.256. The first kappa shape index (κ1) is 15.5. The first-order chi connectivity index (χ1) is 10.1. The molecule has 7 nitrogen and oxygen atoms in total. The molecule has 2 atom stereocenters. The number of hydrogen-bond donors (Lipinski definition) is 1. The summed E-state index contributed by atoms with van der Waals surface area (Å²) < 4.78 is 7.16. The van der Waals surface area contributed by atoms with Gasteiger partial charge in [-0.1, -0.05) is 0 Å². The van der Waals surface area contributed by atoms with Gasteiger partial charge in [0, 0.05) is 57.9 Å². The largest absolute Gasteiger partial charge is 0.379 e. The van der Waals surface area contributed by atoms with Crippen LogP contribution in [0, 0.1) is 5.92 Å². The van der Waals surface area contributed by atoms with Crippen molar-refractivity contribution in [2.45, 2.75) is 31.9 Å². The number of carbonyl (C=O) groups is 2. The monoisotopic (exact) mass is 294 g/mol. The second-order valence-electron chi connectivity index (χ2n) is 5.38. The predicted octanol–water partition coefficient (Wildman–Crippen LogP) is 0.0121. The summed E-state index contributed by atoms with van der Waals surface area (Å²) in [4.78, 5) is 25.0. The van der Waals surface area contributed by atoms with Crippen LogP contribution < -0.4 is 5.73 Å². The van der Waals surface area contributed by atoms with E-state index in [0.29, 0.717) is 19.5 Å². The van der Waals surface area contributed by atoms with E-state index in [1.807, 2.05) is 16.9 Å². The van der Waals surface area contributed by atoms with Crippen molar-refractivity contribution in [3.63, 3.8) is 0 Å². The van der Waals surface area contributed by atoms with Gasteiger partial charge in [-0.05, 0) is 12.5 Å². The number of nitrogens with zero attached hydrogens (tertiary/aromatic N) is 3. The molecule has 1 aromatic rings. The quantitative estimate of drug-likeness (QED) is 0.767. The van der Waals surface area contributed by atoms with Gasteiger partial charge in [-0.3, -0.25) is 14.3 Å². The van der Waals surface area contributed by atoms with Gasteiger partial charge in [0.25, 0.3) is 0 Å².